The van der Waals surface area contributed by atoms with E-state index in [1.807, 2.05) is 37.3 Å². The van der Waals surface area contributed by atoms with Crippen molar-refractivity contribution in [3.63, 3.8) is 0 Å². The fourth-order valence-corrected chi connectivity index (χ4v) is 3.77. The van der Waals surface area contributed by atoms with Crippen molar-refractivity contribution < 1.29 is 9.53 Å². The van der Waals surface area contributed by atoms with E-state index in [0.29, 0.717) is 17.7 Å². The predicted octanol–water partition coefficient (Wildman–Crippen LogP) is 2.29. The summed E-state index contributed by atoms with van der Waals surface area (Å²) < 4.78 is 9.03. The van der Waals surface area contributed by atoms with Crippen molar-refractivity contribution >= 4 is 22.6 Å². The summed E-state index contributed by atoms with van der Waals surface area (Å²) in [6.07, 6.45) is 0.607. The second-order valence-corrected chi connectivity index (χ2v) is 7.70. The number of nitrogens with zero attached hydrogens (tertiary/aromatic N) is 4. The molecule has 0 amide bonds. The number of ketones is 1. The molecule has 0 fully saturated rings. The van der Waals surface area contributed by atoms with Crippen molar-refractivity contribution in [3.05, 3.63) is 86.6 Å². The highest BCUT2D eigenvalue weighted by molar-refractivity contribution is 5.97. The molecule has 9 heteroatoms. The number of hydrogen-bond donors (Lipinski definition) is 1. The van der Waals surface area contributed by atoms with E-state index in [4.69, 9.17) is 10.5 Å². The molecular formula is C24H25N5O4. The summed E-state index contributed by atoms with van der Waals surface area (Å²) in [6, 6.07) is 16.1. The number of methoxy groups -OCH3 is 1. The predicted molar refractivity (Wildman–Crippen MR) is 126 cm³/mol. The van der Waals surface area contributed by atoms with Crippen LogP contribution in [0.3, 0.4) is 0 Å². The number of nitrogen functional groups attached to an aromatic ring is 1. The molecule has 2 aromatic heterocycles. The zero-order valence-electron chi connectivity index (χ0n) is 18.5. The molecule has 2 N–H and O–H groups in total. The minimum Gasteiger partial charge on any atom is -0.497 e. The topological polar surface area (TPSA) is 114 Å². The van der Waals surface area contributed by atoms with Gasteiger partial charge in [-0.05, 0) is 36.2 Å². The Balaban J connectivity index is 1.82. The smallest absolute Gasteiger partial charge is 0.333 e. The van der Waals surface area contributed by atoms with Gasteiger partial charge >= 0.3 is 5.69 Å². The van der Waals surface area contributed by atoms with Gasteiger partial charge in [-0.3, -0.25) is 18.7 Å². The van der Waals surface area contributed by atoms with E-state index in [2.05, 4.69) is 5.10 Å². The van der Waals surface area contributed by atoms with E-state index < -0.39 is 11.2 Å². The highest BCUT2D eigenvalue weighted by Gasteiger charge is 2.22. The van der Waals surface area contributed by atoms with Crippen LogP contribution in [0.15, 0.2) is 64.2 Å². The molecule has 9 nitrogen and oxygen atoms in total. The average molecular weight is 447 g/mol. The standard InChI is InChI=1S/C24H25N5O4/c1-3-13-27-23(31)20-21(25)29(15-19(30)17-9-11-18(33-2)12-10-17)26-22(20)28(24(27)32)14-16-7-5-4-6-8-16/h4-12H,3,13-15,25H2,1-2H3. The quantitative estimate of drug-likeness (QED) is 0.415. The van der Waals surface area contributed by atoms with Crippen molar-refractivity contribution in [2.75, 3.05) is 12.8 Å². The Kier molecular flexibility index (Phi) is 6.12. The molecule has 33 heavy (non-hydrogen) atoms. The van der Waals surface area contributed by atoms with Crippen LogP contribution < -0.4 is 21.7 Å². The first-order chi connectivity index (χ1) is 15.9. The molecule has 4 rings (SSSR count). The van der Waals surface area contributed by atoms with Crippen molar-refractivity contribution in [1.29, 1.82) is 0 Å². The number of fused-ring (bicyclic) bond motifs is 1. The Hall–Kier alpha value is -4.14. The minimum atomic E-state index is -0.498. The van der Waals surface area contributed by atoms with E-state index in [9.17, 15) is 14.4 Å². The number of ether oxygens (including phenoxy) is 1. The van der Waals surface area contributed by atoms with Crippen molar-refractivity contribution in [3.8, 4) is 5.75 Å². The van der Waals surface area contributed by atoms with Gasteiger partial charge < -0.3 is 10.5 Å². The SMILES string of the molecule is CCCn1c(=O)c2c(N)n(CC(=O)c3ccc(OC)cc3)nc2n(Cc2ccccc2)c1=O. The molecule has 0 atom stereocenters. The van der Waals surface area contributed by atoms with Crippen molar-refractivity contribution in [1.82, 2.24) is 18.9 Å². The Morgan fingerprint density at radius 2 is 1.73 bits per heavy atom. The van der Waals surface area contributed by atoms with Gasteiger partial charge in [-0.15, -0.1) is 0 Å². The van der Waals surface area contributed by atoms with Crippen LogP contribution in [-0.4, -0.2) is 31.8 Å². The largest absolute Gasteiger partial charge is 0.497 e. The third-order valence-electron chi connectivity index (χ3n) is 5.49. The number of hydrogen-bond acceptors (Lipinski definition) is 6. The van der Waals surface area contributed by atoms with Gasteiger partial charge in [-0.1, -0.05) is 37.3 Å². The summed E-state index contributed by atoms with van der Waals surface area (Å²) in [7, 11) is 1.55. The molecule has 0 bridgehead atoms. The lowest BCUT2D eigenvalue weighted by molar-refractivity contribution is 0.0968. The number of carbonyl (C=O) groups is 1. The summed E-state index contributed by atoms with van der Waals surface area (Å²) >= 11 is 0. The molecule has 0 saturated carbocycles. The van der Waals surface area contributed by atoms with Crippen LogP contribution in [0, 0.1) is 0 Å². The molecule has 0 radical (unpaired) electrons. The second kappa shape index (κ2) is 9.15. The summed E-state index contributed by atoms with van der Waals surface area (Å²) in [5, 5.41) is 4.57. The van der Waals surface area contributed by atoms with Crippen molar-refractivity contribution in [2.45, 2.75) is 33.0 Å². The molecule has 2 heterocycles. The first-order valence-corrected chi connectivity index (χ1v) is 10.7. The first kappa shape index (κ1) is 22.1. The number of carbonyl (C=O) groups excluding carboxylic acids is 1. The Labute approximate surface area is 189 Å². The van der Waals surface area contributed by atoms with Crippen LogP contribution in [0.2, 0.25) is 0 Å². The Morgan fingerprint density at radius 3 is 2.36 bits per heavy atom. The molecular weight excluding hydrogens is 422 g/mol. The van der Waals surface area contributed by atoms with Gasteiger partial charge in [-0.2, -0.15) is 5.10 Å². The summed E-state index contributed by atoms with van der Waals surface area (Å²) in [6.45, 7) is 2.21. The van der Waals surface area contributed by atoms with Crippen LogP contribution in [0.25, 0.3) is 11.0 Å². The number of Topliss-reactive ketones (excluding diaryl/α,β-unsaturated/α-hetero) is 1. The molecule has 170 valence electrons. The lowest BCUT2D eigenvalue weighted by atomic mass is 10.1. The third kappa shape index (κ3) is 4.17. The number of aromatic nitrogens is 4. The molecule has 0 saturated heterocycles. The zero-order chi connectivity index (χ0) is 23.5. The lowest BCUT2D eigenvalue weighted by Crippen LogP contribution is -2.40. The van der Waals surface area contributed by atoms with Crippen LogP contribution in [0.4, 0.5) is 5.82 Å². The fourth-order valence-electron chi connectivity index (χ4n) is 3.77. The van der Waals surface area contributed by atoms with E-state index >= 15 is 0 Å². The first-order valence-electron chi connectivity index (χ1n) is 10.7. The molecule has 0 aliphatic rings. The third-order valence-corrected chi connectivity index (χ3v) is 5.49. The molecule has 0 aliphatic carbocycles. The molecule has 2 aromatic carbocycles. The Morgan fingerprint density at radius 1 is 1.03 bits per heavy atom. The highest BCUT2D eigenvalue weighted by atomic mass is 16.5. The summed E-state index contributed by atoms with van der Waals surface area (Å²) in [4.78, 5) is 39.1. The second-order valence-electron chi connectivity index (χ2n) is 7.70. The van der Waals surface area contributed by atoms with Gasteiger partial charge in [0.15, 0.2) is 11.4 Å². The van der Waals surface area contributed by atoms with E-state index in [1.54, 1.807) is 31.4 Å². The maximum atomic E-state index is 13.2. The van der Waals surface area contributed by atoms with Gasteiger partial charge in [0.25, 0.3) is 5.56 Å². The van der Waals surface area contributed by atoms with Crippen molar-refractivity contribution in [2.24, 2.45) is 0 Å². The van der Waals surface area contributed by atoms with Gasteiger partial charge in [0.1, 0.15) is 23.5 Å². The normalized spacial score (nSPS) is 11.1. The van der Waals surface area contributed by atoms with Crippen LogP contribution in [0.1, 0.15) is 29.3 Å². The van der Waals surface area contributed by atoms with Gasteiger partial charge in [-0.25, -0.2) is 9.48 Å². The number of nitrogens with two attached hydrogens (primary N) is 1. The molecule has 0 unspecified atom stereocenters. The maximum Gasteiger partial charge on any atom is 0.333 e. The molecule has 4 aromatic rings. The lowest BCUT2D eigenvalue weighted by Gasteiger charge is -2.10. The summed E-state index contributed by atoms with van der Waals surface area (Å²) in [5.41, 5.74) is 6.84. The fraction of sp³-hybridized carbons (Fsp3) is 0.250. The highest BCUT2D eigenvalue weighted by Crippen LogP contribution is 2.19. The number of benzene rings is 2. The minimum absolute atomic E-state index is 0.0588. The van der Waals surface area contributed by atoms with Crippen LogP contribution >= 0.6 is 0 Å². The van der Waals surface area contributed by atoms with Crippen LogP contribution in [-0.2, 0) is 19.6 Å². The van der Waals surface area contributed by atoms with Gasteiger partial charge in [0.2, 0.25) is 0 Å². The summed E-state index contributed by atoms with van der Waals surface area (Å²) in [5.74, 6) is 0.462. The maximum absolute atomic E-state index is 13.2. The zero-order valence-corrected chi connectivity index (χ0v) is 18.5. The number of rotatable bonds is 8. The van der Waals surface area contributed by atoms with E-state index in [-0.39, 0.29) is 42.3 Å². The average Bonchev–Trinajstić information content (AvgIpc) is 3.16. The van der Waals surface area contributed by atoms with E-state index in [1.165, 1.54) is 13.8 Å². The molecule has 0 spiro atoms. The molecule has 0 aliphatic heterocycles. The van der Waals surface area contributed by atoms with E-state index in [0.717, 1.165) is 5.56 Å². The van der Waals surface area contributed by atoms with Gasteiger partial charge in [0.05, 0.1) is 13.7 Å². The number of anilines is 1. The van der Waals surface area contributed by atoms with Gasteiger partial charge in [0, 0.05) is 12.1 Å². The van der Waals surface area contributed by atoms with Crippen LogP contribution in [0.5, 0.6) is 5.75 Å². The Bertz CT molecular complexity index is 1420. The monoisotopic (exact) mass is 447 g/mol.